The van der Waals surface area contributed by atoms with E-state index in [0.717, 1.165) is 5.56 Å². The number of hydrogen-bond acceptors (Lipinski definition) is 4. The molecule has 0 radical (unpaired) electrons. The minimum Gasteiger partial charge on any atom is -0.495 e. The van der Waals surface area contributed by atoms with E-state index in [1.165, 1.54) is 11.4 Å². The summed E-state index contributed by atoms with van der Waals surface area (Å²) in [5.41, 5.74) is 0.869. The molecular weight excluding hydrogens is 348 g/mol. The fourth-order valence-electron chi connectivity index (χ4n) is 2.93. The summed E-state index contributed by atoms with van der Waals surface area (Å²) in [5.74, 6) is 0.348. The highest BCUT2D eigenvalue weighted by molar-refractivity contribution is 7.89. The fourth-order valence-corrected chi connectivity index (χ4v) is 4.90. The number of nitrogens with zero attached hydrogens (tertiary/aromatic N) is 1. The maximum atomic E-state index is 13.2. The van der Waals surface area contributed by atoms with E-state index in [0.29, 0.717) is 30.4 Å². The molecule has 0 amide bonds. The van der Waals surface area contributed by atoms with Gasteiger partial charge in [0.2, 0.25) is 10.0 Å². The Balaban J connectivity index is 2.04. The van der Waals surface area contributed by atoms with Gasteiger partial charge in [0.05, 0.1) is 13.2 Å². The summed E-state index contributed by atoms with van der Waals surface area (Å²) in [6.45, 7) is 1.53. The Kier molecular flexibility index (Phi) is 5.10. The van der Waals surface area contributed by atoms with Gasteiger partial charge in [0.15, 0.2) is 0 Å². The van der Waals surface area contributed by atoms with Crippen LogP contribution in [-0.4, -0.2) is 39.5 Å². The Labute approximate surface area is 147 Å². The minimum atomic E-state index is -3.69. The van der Waals surface area contributed by atoms with Crippen molar-refractivity contribution in [1.29, 1.82) is 0 Å². The molecule has 1 N–H and O–H groups in total. The fraction of sp³-hybridized carbons (Fsp3) is 0.294. The van der Waals surface area contributed by atoms with E-state index in [1.807, 2.05) is 18.2 Å². The molecule has 128 valence electrons. The summed E-state index contributed by atoms with van der Waals surface area (Å²) in [5, 5.41) is 3.84. The average Bonchev–Trinajstić information content (AvgIpc) is 2.61. The predicted molar refractivity (Wildman–Crippen MR) is 93.9 cm³/mol. The Bertz CT molecular complexity index is 826. The maximum Gasteiger partial charge on any atom is 0.247 e. The van der Waals surface area contributed by atoms with Crippen LogP contribution in [0.3, 0.4) is 0 Å². The number of methoxy groups -OCH3 is 1. The van der Waals surface area contributed by atoms with E-state index in [4.69, 9.17) is 16.3 Å². The van der Waals surface area contributed by atoms with Gasteiger partial charge in [0.25, 0.3) is 0 Å². The molecule has 1 fully saturated rings. The zero-order chi connectivity index (χ0) is 17.2. The topological polar surface area (TPSA) is 58.6 Å². The molecular formula is C17H19ClN2O3S. The zero-order valence-corrected chi connectivity index (χ0v) is 14.8. The molecule has 1 unspecified atom stereocenters. The van der Waals surface area contributed by atoms with E-state index >= 15 is 0 Å². The first-order chi connectivity index (χ1) is 11.5. The summed E-state index contributed by atoms with van der Waals surface area (Å²) < 4.78 is 33.2. The number of halogens is 1. The van der Waals surface area contributed by atoms with Crippen LogP contribution in [0.15, 0.2) is 53.4 Å². The van der Waals surface area contributed by atoms with Crippen LogP contribution < -0.4 is 10.1 Å². The quantitative estimate of drug-likeness (QED) is 0.903. The third-order valence-corrected chi connectivity index (χ3v) is 6.27. The van der Waals surface area contributed by atoms with Crippen LogP contribution in [0.1, 0.15) is 11.6 Å². The lowest BCUT2D eigenvalue weighted by molar-refractivity contribution is 0.270. The second kappa shape index (κ2) is 7.11. The highest BCUT2D eigenvalue weighted by Crippen LogP contribution is 2.33. The molecule has 7 heteroatoms. The van der Waals surface area contributed by atoms with Crippen molar-refractivity contribution in [3.05, 3.63) is 59.1 Å². The van der Waals surface area contributed by atoms with E-state index in [9.17, 15) is 8.42 Å². The largest absolute Gasteiger partial charge is 0.495 e. The van der Waals surface area contributed by atoms with E-state index in [-0.39, 0.29) is 10.9 Å². The molecule has 0 aromatic heterocycles. The molecule has 3 rings (SSSR count). The first-order valence-electron chi connectivity index (χ1n) is 7.65. The van der Waals surface area contributed by atoms with Crippen molar-refractivity contribution in [3.63, 3.8) is 0 Å². The third-order valence-electron chi connectivity index (χ3n) is 4.08. The summed E-state index contributed by atoms with van der Waals surface area (Å²) in [6.07, 6.45) is 0. The number of hydrogen-bond donors (Lipinski definition) is 1. The Morgan fingerprint density at radius 2 is 2.00 bits per heavy atom. The van der Waals surface area contributed by atoms with Gasteiger partial charge in [-0.3, -0.25) is 0 Å². The number of sulfonamides is 1. The molecule has 2 aromatic carbocycles. The number of piperazine rings is 1. The van der Waals surface area contributed by atoms with E-state index in [2.05, 4.69) is 5.32 Å². The normalized spacial score (nSPS) is 19.2. The van der Waals surface area contributed by atoms with Gasteiger partial charge in [-0.1, -0.05) is 35.9 Å². The van der Waals surface area contributed by atoms with Crippen LogP contribution in [0, 0.1) is 0 Å². The zero-order valence-electron chi connectivity index (χ0n) is 13.3. The Hall–Kier alpha value is -1.60. The Morgan fingerprint density at radius 3 is 2.75 bits per heavy atom. The highest BCUT2D eigenvalue weighted by Gasteiger charge is 2.35. The summed E-state index contributed by atoms with van der Waals surface area (Å²) in [4.78, 5) is 0.182. The molecule has 1 atom stereocenters. The smallest absolute Gasteiger partial charge is 0.247 e. The van der Waals surface area contributed by atoms with E-state index < -0.39 is 10.0 Å². The molecule has 0 spiro atoms. The highest BCUT2D eigenvalue weighted by atomic mass is 35.5. The van der Waals surface area contributed by atoms with Gasteiger partial charge in [-0.25, -0.2) is 8.42 Å². The van der Waals surface area contributed by atoms with Crippen molar-refractivity contribution in [2.45, 2.75) is 10.9 Å². The second-order valence-corrected chi connectivity index (χ2v) is 7.84. The first kappa shape index (κ1) is 17.2. The van der Waals surface area contributed by atoms with Gasteiger partial charge in [0.1, 0.15) is 10.6 Å². The predicted octanol–water partition coefficient (Wildman–Crippen LogP) is 2.68. The van der Waals surface area contributed by atoms with Gasteiger partial charge < -0.3 is 10.1 Å². The SMILES string of the molecule is COc1ccccc1S(=O)(=O)N1CCNCC1c1cccc(Cl)c1. The lowest BCUT2D eigenvalue weighted by Crippen LogP contribution is -2.48. The summed E-state index contributed by atoms with van der Waals surface area (Å²) in [6, 6.07) is 13.7. The van der Waals surface area contributed by atoms with Gasteiger partial charge in [-0.05, 0) is 29.8 Å². The molecule has 1 saturated heterocycles. The van der Waals surface area contributed by atoms with Crippen molar-refractivity contribution in [3.8, 4) is 5.75 Å². The van der Waals surface area contributed by atoms with Crippen LogP contribution in [0.2, 0.25) is 5.02 Å². The van der Waals surface area contributed by atoms with Crippen LogP contribution in [0.5, 0.6) is 5.75 Å². The van der Waals surface area contributed by atoms with Crippen molar-refractivity contribution in [2.24, 2.45) is 0 Å². The van der Waals surface area contributed by atoms with Crippen LogP contribution in [0.25, 0.3) is 0 Å². The summed E-state index contributed by atoms with van der Waals surface area (Å²) >= 11 is 6.08. The monoisotopic (exact) mass is 366 g/mol. The summed E-state index contributed by atoms with van der Waals surface area (Å²) in [7, 11) is -2.22. The molecule has 0 bridgehead atoms. The molecule has 5 nitrogen and oxygen atoms in total. The molecule has 1 aliphatic heterocycles. The molecule has 24 heavy (non-hydrogen) atoms. The average molecular weight is 367 g/mol. The van der Waals surface area contributed by atoms with Crippen LogP contribution >= 0.6 is 11.6 Å². The molecule has 0 saturated carbocycles. The van der Waals surface area contributed by atoms with Gasteiger partial charge in [-0.2, -0.15) is 4.31 Å². The number of nitrogens with one attached hydrogen (secondary N) is 1. The second-order valence-electron chi connectivity index (χ2n) is 5.54. The molecule has 1 heterocycles. The number of rotatable bonds is 4. The van der Waals surface area contributed by atoms with Gasteiger partial charge in [0, 0.05) is 24.7 Å². The van der Waals surface area contributed by atoms with E-state index in [1.54, 1.807) is 30.3 Å². The maximum absolute atomic E-state index is 13.2. The molecule has 0 aliphatic carbocycles. The standard InChI is InChI=1S/C17H19ClN2O3S/c1-23-16-7-2-3-8-17(16)24(21,22)20-10-9-19-12-15(20)13-5-4-6-14(18)11-13/h2-8,11,15,19H,9-10,12H2,1H3. The van der Waals surface area contributed by atoms with Crippen LogP contribution in [-0.2, 0) is 10.0 Å². The van der Waals surface area contributed by atoms with Crippen molar-refractivity contribution in [2.75, 3.05) is 26.7 Å². The molecule has 1 aliphatic rings. The third kappa shape index (κ3) is 3.28. The van der Waals surface area contributed by atoms with Crippen molar-refractivity contribution >= 4 is 21.6 Å². The van der Waals surface area contributed by atoms with Crippen LogP contribution in [0.4, 0.5) is 0 Å². The number of ether oxygens (including phenoxy) is 1. The van der Waals surface area contributed by atoms with Crippen molar-refractivity contribution < 1.29 is 13.2 Å². The first-order valence-corrected chi connectivity index (χ1v) is 9.47. The van der Waals surface area contributed by atoms with Gasteiger partial charge >= 0.3 is 0 Å². The minimum absolute atomic E-state index is 0.182. The number of benzene rings is 2. The molecule has 2 aromatic rings. The lowest BCUT2D eigenvalue weighted by atomic mass is 10.1. The number of para-hydroxylation sites is 1. The lowest BCUT2D eigenvalue weighted by Gasteiger charge is -2.35. The Morgan fingerprint density at radius 1 is 1.21 bits per heavy atom. The van der Waals surface area contributed by atoms with Gasteiger partial charge in [-0.15, -0.1) is 0 Å². The van der Waals surface area contributed by atoms with Crippen molar-refractivity contribution in [1.82, 2.24) is 9.62 Å².